The van der Waals surface area contributed by atoms with Gasteiger partial charge < -0.3 is 0 Å². The highest BCUT2D eigenvalue weighted by Gasteiger charge is 2.09. The number of aromatic nitrogens is 2. The number of nitrogens with one attached hydrogen (secondary N) is 1. The highest BCUT2D eigenvalue weighted by molar-refractivity contribution is 6.32. The molecule has 1 aromatic heterocycles. The number of halogens is 1. The molecule has 19 heavy (non-hydrogen) atoms. The van der Waals surface area contributed by atoms with Crippen LogP contribution >= 0.6 is 11.6 Å². The van der Waals surface area contributed by atoms with E-state index < -0.39 is 0 Å². The first kappa shape index (κ1) is 13.3. The van der Waals surface area contributed by atoms with Crippen LogP contribution in [-0.4, -0.2) is 16.0 Å². The molecule has 1 N–H and O–H groups in total. The van der Waals surface area contributed by atoms with Crippen molar-refractivity contribution in [3.63, 3.8) is 0 Å². The van der Waals surface area contributed by atoms with E-state index in [1.807, 2.05) is 25.1 Å². The zero-order valence-corrected chi connectivity index (χ0v) is 11.1. The summed E-state index contributed by atoms with van der Waals surface area (Å²) in [4.78, 5) is 12.1. The van der Waals surface area contributed by atoms with Gasteiger partial charge in [0.25, 0.3) is 5.56 Å². The summed E-state index contributed by atoms with van der Waals surface area (Å²) >= 11 is 6.02. The number of nitrogens with zero attached hydrogens (tertiary/aromatic N) is 3. The van der Waals surface area contributed by atoms with Crippen molar-refractivity contribution in [3.8, 4) is 5.69 Å². The molecular weight excluding hydrogens is 264 g/mol. The first-order valence-corrected chi connectivity index (χ1v) is 6.22. The third-order valence-corrected chi connectivity index (χ3v) is 2.74. The molecule has 0 saturated carbocycles. The molecule has 0 spiro atoms. The van der Waals surface area contributed by atoms with Gasteiger partial charge in [0.15, 0.2) is 0 Å². The number of hydrogen-bond acceptors (Lipinski definition) is 4. The second-order valence-corrected chi connectivity index (χ2v) is 4.13. The van der Waals surface area contributed by atoms with E-state index in [1.54, 1.807) is 18.3 Å². The standard InChI is InChI=1S/C13H13ClN4O/c1-2-8-15-17-11-9-16-18(13(19)12(11)14)10-6-4-3-5-7-10/h3-9,17H,2H2,1H3. The Kier molecular flexibility index (Phi) is 4.30. The van der Waals surface area contributed by atoms with Gasteiger partial charge in [-0.05, 0) is 18.6 Å². The summed E-state index contributed by atoms with van der Waals surface area (Å²) in [7, 11) is 0. The van der Waals surface area contributed by atoms with Gasteiger partial charge in [0.05, 0.1) is 11.9 Å². The highest BCUT2D eigenvalue weighted by atomic mass is 35.5. The van der Waals surface area contributed by atoms with E-state index in [0.717, 1.165) is 6.42 Å². The van der Waals surface area contributed by atoms with Crippen molar-refractivity contribution in [2.24, 2.45) is 5.10 Å². The lowest BCUT2D eigenvalue weighted by Gasteiger charge is -2.07. The summed E-state index contributed by atoms with van der Waals surface area (Å²) in [6, 6.07) is 9.09. The van der Waals surface area contributed by atoms with Crippen molar-refractivity contribution in [2.75, 3.05) is 5.43 Å². The summed E-state index contributed by atoms with van der Waals surface area (Å²) < 4.78 is 1.25. The van der Waals surface area contributed by atoms with Crippen molar-refractivity contribution < 1.29 is 0 Å². The molecule has 0 aliphatic rings. The largest absolute Gasteiger partial charge is 0.292 e. The number of rotatable bonds is 4. The second-order valence-electron chi connectivity index (χ2n) is 3.76. The fourth-order valence-electron chi connectivity index (χ4n) is 1.47. The molecule has 0 amide bonds. The minimum atomic E-state index is -0.385. The van der Waals surface area contributed by atoms with Crippen LogP contribution in [0, 0.1) is 0 Å². The van der Waals surface area contributed by atoms with Crippen LogP contribution in [0.3, 0.4) is 0 Å². The maximum Gasteiger partial charge on any atom is 0.292 e. The van der Waals surface area contributed by atoms with Crippen LogP contribution in [0.5, 0.6) is 0 Å². The van der Waals surface area contributed by atoms with E-state index in [-0.39, 0.29) is 10.6 Å². The second kappa shape index (κ2) is 6.15. The number of para-hydroxylation sites is 1. The van der Waals surface area contributed by atoms with Crippen molar-refractivity contribution in [1.82, 2.24) is 9.78 Å². The Morgan fingerprint density at radius 3 is 2.84 bits per heavy atom. The van der Waals surface area contributed by atoms with E-state index in [9.17, 15) is 4.79 Å². The third kappa shape index (κ3) is 3.00. The first-order chi connectivity index (χ1) is 9.24. The zero-order valence-electron chi connectivity index (χ0n) is 10.4. The van der Waals surface area contributed by atoms with Gasteiger partial charge in [-0.3, -0.25) is 10.2 Å². The van der Waals surface area contributed by atoms with E-state index in [1.165, 1.54) is 10.9 Å². The molecule has 0 aliphatic heterocycles. The molecule has 6 heteroatoms. The quantitative estimate of drug-likeness (QED) is 0.690. The van der Waals surface area contributed by atoms with Gasteiger partial charge in [0.2, 0.25) is 0 Å². The summed E-state index contributed by atoms with van der Waals surface area (Å²) in [5.74, 6) is 0. The van der Waals surface area contributed by atoms with Crippen molar-refractivity contribution in [2.45, 2.75) is 13.3 Å². The van der Waals surface area contributed by atoms with Gasteiger partial charge in [-0.1, -0.05) is 36.7 Å². The normalized spacial score (nSPS) is 10.8. The van der Waals surface area contributed by atoms with E-state index >= 15 is 0 Å². The van der Waals surface area contributed by atoms with Crippen molar-refractivity contribution >= 4 is 23.5 Å². The summed E-state index contributed by atoms with van der Waals surface area (Å²) in [5, 5.41) is 8.05. The Bertz CT molecular complexity index is 637. The molecule has 2 aromatic rings. The molecule has 0 bridgehead atoms. The molecule has 1 aromatic carbocycles. The maximum absolute atomic E-state index is 12.1. The molecule has 2 rings (SSSR count). The van der Waals surface area contributed by atoms with Gasteiger partial charge in [-0.15, -0.1) is 0 Å². The molecule has 0 saturated heterocycles. The number of hydrazone groups is 1. The van der Waals surface area contributed by atoms with Crippen LogP contribution < -0.4 is 11.0 Å². The van der Waals surface area contributed by atoms with E-state index in [0.29, 0.717) is 11.4 Å². The molecule has 0 aliphatic carbocycles. The first-order valence-electron chi connectivity index (χ1n) is 5.85. The molecule has 5 nitrogen and oxygen atoms in total. The Hall–Kier alpha value is -2.14. The zero-order chi connectivity index (χ0) is 13.7. The van der Waals surface area contributed by atoms with Crippen LogP contribution in [-0.2, 0) is 0 Å². The summed E-state index contributed by atoms with van der Waals surface area (Å²) in [5.41, 5.74) is 3.37. The fraction of sp³-hybridized carbons (Fsp3) is 0.154. The molecule has 0 fully saturated rings. The predicted molar refractivity (Wildman–Crippen MR) is 77.2 cm³/mol. The minimum Gasteiger partial charge on any atom is -0.275 e. The fourth-order valence-corrected chi connectivity index (χ4v) is 1.64. The van der Waals surface area contributed by atoms with Gasteiger partial charge in [-0.25, -0.2) is 0 Å². The Balaban J connectivity index is 2.38. The lowest BCUT2D eigenvalue weighted by Crippen LogP contribution is -2.22. The minimum absolute atomic E-state index is 0.0621. The van der Waals surface area contributed by atoms with Gasteiger partial charge in [0.1, 0.15) is 10.7 Å². The van der Waals surface area contributed by atoms with Gasteiger partial charge in [0, 0.05) is 6.21 Å². The Labute approximate surface area is 115 Å². The predicted octanol–water partition coefficient (Wildman–Crippen LogP) is 2.69. The van der Waals surface area contributed by atoms with Crippen LogP contribution in [0.25, 0.3) is 5.69 Å². The molecule has 0 radical (unpaired) electrons. The lowest BCUT2D eigenvalue weighted by molar-refractivity contribution is 0.808. The SMILES string of the molecule is CCC=NNc1cnn(-c2ccccc2)c(=O)c1Cl. The third-order valence-electron chi connectivity index (χ3n) is 2.38. The average Bonchev–Trinajstić information content (AvgIpc) is 2.45. The average molecular weight is 277 g/mol. The molecular formula is C13H13ClN4O. The van der Waals surface area contributed by atoms with Crippen LogP contribution in [0.4, 0.5) is 5.69 Å². The van der Waals surface area contributed by atoms with Crippen LogP contribution in [0.15, 0.2) is 46.4 Å². The van der Waals surface area contributed by atoms with Gasteiger partial charge in [-0.2, -0.15) is 14.9 Å². The number of hydrogen-bond donors (Lipinski definition) is 1. The van der Waals surface area contributed by atoms with Crippen molar-refractivity contribution in [3.05, 3.63) is 51.9 Å². The number of anilines is 1. The molecule has 0 atom stereocenters. The van der Waals surface area contributed by atoms with Crippen LogP contribution in [0.1, 0.15) is 13.3 Å². The van der Waals surface area contributed by atoms with Gasteiger partial charge >= 0.3 is 0 Å². The summed E-state index contributed by atoms with van der Waals surface area (Å²) in [6.07, 6.45) is 3.95. The number of benzene rings is 1. The molecule has 0 unspecified atom stereocenters. The maximum atomic E-state index is 12.1. The topological polar surface area (TPSA) is 59.3 Å². The smallest absolute Gasteiger partial charge is 0.275 e. The monoisotopic (exact) mass is 276 g/mol. The lowest BCUT2D eigenvalue weighted by atomic mass is 10.3. The van der Waals surface area contributed by atoms with Crippen LogP contribution in [0.2, 0.25) is 5.02 Å². The highest BCUT2D eigenvalue weighted by Crippen LogP contribution is 2.16. The summed E-state index contributed by atoms with van der Waals surface area (Å²) in [6.45, 7) is 1.96. The van der Waals surface area contributed by atoms with Crippen molar-refractivity contribution in [1.29, 1.82) is 0 Å². The molecule has 1 heterocycles. The Morgan fingerprint density at radius 1 is 1.42 bits per heavy atom. The van der Waals surface area contributed by atoms with E-state index in [4.69, 9.17) is 11.6 Å². The molecule has 98 valence electrons. The Morgan fingerprint density at radius 2 is 2.16 bits per heavy atom. The van der Waals surface area contributed by atoms with E-state index in [2.05, 4.69) is 15.6 Å².